The van der Waals surface area contributed by atoms with E-state index in [9.17, 15) is 17.6 Å². The molecule has 10 heteroatoms. The number of hydrogen-bond acceptors (Lipinski definition) is 6. The van der Waals surface area contributed by atoms with E-state index in [-0.39, 0.29) is 11.4 Å². The van der Waals surface area contributed by atoms with Gasteiger partial charge in [0.1, 0.15) is 23.7 Å². The van der Waals surface area contributed by atoms with Gasteiger partial charge in [-0.05, 0) is 36.8 Å². The molecular weight excluding hydrogens is 396 g/mol. The molecule has 0 atom stereocenters. The Hall–Kier alpha value is -2.88. The number of fused-ring (bicyclic) bond motifs is 1. The van der Waals surface area contributed by atoms with Gasteiger partial charge in [-0.15, -0.1) is 0 Å². The van der Waals surface area contributed by atoms with Gasteiger partial charge in [0.25, 0.3) is 0 Å². The van der Waals surface area contributed by atoms with E-state index in [1.54, 1.807) is 12.1 Å². The molecule has 1 N–H and O–H groups in total. The minimum Gasteiger partial charge on any atom is -0.491 e. The first-order chi connectivity index (χ1) is 13.3. The van der Waals surface area contributed by atoms with Crippen molar-refractivity contribution in [2.75, 3.05) is 11.9 Å². The van der Waals surface area contributed by atoms with Crippen LogP contribution in [0.2, 0.25) is 0 Å². The minimum absolute atomic E-state index is 0.0501. The molecule has 1 heterocycles. The minimum atomic E-state index is -4.37. The number of alkyl halides is 3. The van der Waals surface area contributed by atoms with E-state index in [0.29, 0.717) is 22.4 Å². The van der Waals surface area contributed by atoms with Crippen molar-refractivity contribution in [3.63, 3.8) is 0 Å². The van der Waals surface area contributed by atoms with E-state index < -0.39 is 25.0 Å². The van der Waals surface area contributed by atoms with Crippen LogP contribution in [0.25, 0.3) is 10.9 Å². The van der Waals surface area contributed by atoms with Crippen LogP contribution in [-0.2, 0) is 12.4 Å². The molecular formula is C18H14F4N4OS. The van der Waals surface area contributed by atoms with Crippen molar-refractivity contribution in [1.29, 1.82) is 0 Å². The quantitative estimate of drug-likeness (QED) is 0.543. The second kappa shape index (κ2) is 8.01. The van der Waals surface area contributed by atoms with Crippen LogP contribution in [-0.4, -0.2) is 22.8 Å². The third-order valence-corrected chi connectivity index (χ3v) is 4.08. The van der Waals surface area contributed by atoms with Crippen molar-refractivity contribution in [2.45, 2.75) is 19.5 Å². The topological polar surface area (TPSA) is 59.4 Å². The first-order valence-electron chi connectivity index (χ1n) is 8.11. The van der Waals surface area contributed by atoms with Crippen molar-refractivity contribution in [3.8, 4) is 5.75 Å². The first-order valence-corrected chi connectivity index (χ1v) is 8.48. The zero-order valence-corrected chi connectivity index (χ0v) is 15.4. The number of nitrogens with zero attached hydrogens (tertiary/aromatic N) is 3. The molecule has 146 valence electrons. The fourth-order valence-corrected chi connectivity index (χ4v) is 2.75. The van der Waals surface area contributed by atoms with Gasteiger partial charge in [-0.2, -0.15) is 17.5 Å². The molecule has 0 spiro atoms. The third-order valence-electron chi connectivity index (χ3n) is 3.87. The van der Waals surface area contributed by atoms with Crippen LogP contribution in [0.1, 0.15) is 12.0 Å². The monoisotopic (exact) mass is 410 g/mol. The van der Waals surface area contributed by atoms with E-state index in [1.807, 2.05) is 6.92 Å². The predicted molar refractivity (Wildman–Crippen MR) is 99.6 cm³/mol. The lowest BCUT2D eigenvalue weighted by molar-refractivity contribution is -0.139. The summed E-state index contributed by atoms with van der Waals surface area (Å²) in [5, 5.41) is 3.66. The average Bonchev–Trinajstić information content (AvgIpc) is 2.62. The van der Waals surface area contributed by atoms with Gasteiger partial charge in [-0.3, -0.25) is 0 Å². The zero-order chi connectivity index (χ0) is 20.3. The van der Waals surface area contributed by atoms with Crippen LogP contribution in [0.15, 0.2) is 41.0 Å². The van der Waals surface area contributed by atoms with E-state index in [4.69, 9.17) is 17.2 Å². The molecule has 0 fully saturated rings. The zero-order valence-electron chi connectivity index (χ0n) is 14.5. The van der Waals surface area contributed by atoms with Gasteiger partial charge in [0.2, 0.25) is 0 Å². The predicted octanol–water partition coefficient (Wildman–Crippen LogP) is 5.51. The summed E-state index contributed by atoms with van der Waals surface area (Å²) in [5.74, 6) is -0.287. The van der Waals surface area contributed by atoms with Gasteiger partial charge in [-0.25, -0.2) is 14.4 Å². The maximum absolute atomic E-state index is 13.6. The summed E-state index contributed by atoms with van der Waals surface area (Å²) in [6, 6.07) is 7.00. The molecule has 0 aliphatic rings. The summed E-state index contributed by atoms with van der Waals surface area (Å²) in [7, 11) is 0. The molecule has 0 radical (unpaired) electrons. The molecule has 3 aromatic rings. The number of nitrogens with one attached hydrogen (secondary N) is 1. The van der Waals surface area contributed by atoms with Crippen LogP contribution < -0.4 is 10.1 Å². The van der Waals surface area contributed by atoms with Crippen molar-refractivity contribution in [1.82, 2.24) is 9.97 Å². The van der Waals surface area contributed by atoms with Crippen LogP contribution in [0, 0.1) is 12.7 Å². The smallest absolute Gasteiger partial charge is 0.392 e. The van der Waals surface area contributed by atoms with Gasteiger partial charge in [0, 0.05) is 23.9 Å². The van der Waals surface area contributed by atoms with Crippen molar-refractivity contribution in [2.24, 2.45) is 4.36 Å². The Morgan fingerprint density at radius 1 is 1.18 bits per heavy atom. The maximum Gasteiger partial charge on any atom is 0.392 e. The molecule has 28 heavy (non-hydrogen) atoms. The summed E-state index contributed by atoms with van der Waals surface area (Å²) in [6.07, 6.45) is -4.19. The average molecular weight is 410 g/mol. The summed E-state index contributed by atoms with van der Waals surface area (Å²) in [5.41, 5.74) is 2.23. The van der Waals surface area contributed by atoms with Crippen LogP contribution in [0.5, 0.6) is 5.75 Å². The van der Waals surface area contributed by atoms with Crippen molar-refractivity contribution < 1.29 is 22.3 Å². The first kappa shape index (κ1) is 19.9. The molecule has 0 aliphatic carbocycles. The molecule has 0 unspecified atom stereocenters. The standard InChI is InChI=1S/C18H14F4N4OS/c1-10-6-12(26-28)8-14-16(10)17(24-9-23-14)25-13-3-2-11(19)7-15(13)27-5-4-18(20,21)22/h2-3,6-9H,4-5H2,1H3,(H,23,24,25). The summed E-state index contributed by atoms with van der Waals surface area (Å²) < 4.78 is 59.5. The van der Waals surface area contributed by atoms with Gasteiger partial charge in [0.15, 0.2) is 0 Å². The highest BCUT2D eigenvalue weighted by Crippen LogP contribution is 2.33. The number of rotatable bonds is 6. The highest BCUT2D eigenvalue weighted by Gasteiger charge is 2.27. The second-order valence-electron chi connectivity index (χ2n) is 5.95. The fraction of sp³-hybridized carbons (Fsp3) is 0.222. The number of anilines is 2. The Kier molecular flexibility index (Phi) is 5.68. The van der Waals surface area contributed by atoms with E-state index >= 15 is 0 Å². The number of benzene rings is 2. The lowest BCUT2D eigenvalue weighted by atomic mass is 10.1. The molecule has 0 bridgehead atoms. The number of halogens is 4. The Morgan fingerprint density at radius 2 is 1.96 bits per heavy atom. The Balaban J connectivity index is 1.94. The Bertz CT molecular complexity index is 1030. The van der Waals surface area contributed by atoms with E-state index in [0.717, 1.165) is 11.6 Å². The number of ether oxygens (including phenoxy) is 1. The fourth-order valence-electron chi connectivity index (χ4n) is 2.64. The molecule has 1 aromatic heterocycles. The van der Waals surface area contributed by atoms with Crippen LogP contribution in [0.3, 0.4) is 0 Å². The van der Waals surface area contributed by atoms with Crippen LogP contribution in [0.4, 0.5) is 34.8 Å². The number of aromatic nitrogens is 2. The Morgan fingerprint density at radius 3 is 2.68 bits per heavy atom. The molecule has 0 aliphatic heterocycles. The SMILES string of the molecule is Cc1cc(N=S)cc2ncnc(Nc3ccc(F)cc3OCCC(F)(F)F)c12. The molecule has 2 aromatic carbocycles. The summed E-state index contributed by atoms with van der Waals surface area (Å²) >= 11 is 4.71. The van der Waals surface area contributed by atoms with Crippen LogP contribution >= 0.6 is 0 Å². The van der Waals surface area contributed by atoms with Crippen molar-refractivity contribution >= 4 is 40.5 Å². The normalized spacial score (nSPS) is 11.5. The second-order valence-corrected chi connectivity index (χ2v) is 6.13. The Labute approximate surface area is 162 Å². The summed E-state index contributed by atoms with van der Waals surface area (Å²) in [4.78, 5) is 8.39. The van der Waals surface area contributed by atoms with Crippen molar-refractivity contribution in [3.05, 3.63) is 48.0 Å². The van der Waals surface area contributed by atoms with E-state index in [2.05, 4.69) is 19.6 Å². The molecule has 0 amide bonds. The van der Waals surface area contributed by atoms with Gasteiger partial charge in [0.05, 0.1) is 29.9 Å². The van der Waals surface area contributed by atoms with Gasteiger partial charge < -0.3 is 10.1 Å². The lowest BCUT2D eigenvalue weighted by Gasteiger charge is -2.15. The highest BCUT2D eigenvalue weighted by atomic mass is 32.1. The largest absolute Gasteiger partial charge is 0.491 e. The number of aryl methyl sites for hydroxylation is 1. The third kappa shape index (κ3) is 4.69. The highest BCUT2D eigenvalue weighted by molar-refractivity contribution is 7.47. The lowest BCUT2D eigenvalue weighted by Crippen LogP contribution is -2.13. The molecule has 5 nitrogen and oxygen atoms in total. The molecule has 3 rings (SSSR count). The maximum atomic E-state index is 13.6. The van der Waals surface area contributed by atoms with Gasteiger partial charge >= 0.3 is 6.18 Å². The van der Waals surface area contributed by atoms with Gasteiger partial charge in [-0.1, -0.05) is 0 Å². The number of hydrogen-bond donors (Lipinski definition) is 1. The summed E-state index contributed by atoms with van der Waals surface area (Å²) in [6.45, 7) is 1.20. The molecule has 0 saturated heterocycles. The molecule has 0 saturated carbocycles. The van der Waals surface area contributed by atoms with E-state index in [1.165, 1.54) is 18.5 Å².